The number of aryl methyl sites for hydroxylation is 1. The van der Waals surface area contributed by atoms with E-state index in [9.17, 15) is 0 Å². The molecule has 0 unspecified atom stereocenters. The Hall–Kier alpha value is -1.13. The summed E-state index contributed by atoms with van der Waals surface area (Å²) in [6, 6.07) is 8.87. The number of nitrogens with one attached hydrogen (secondary N) is 1. The molecule has 0 spiro atoms. The zero-order chi connectivity index (χ0) is 15.2. The van der Waals surface area contributed by atoms with Gasteiger partial charge < -0.3 is 5.32 Å². The normalized spacial score (nSPS) is 11.0. The lowest BCUT2D eigenvalue weighted by Gasteiger charge is -2.07. The van der Waals surface area contributed by atoms with Gasteiger partial charge >= 0.3 is 0 Å². The summed E-state index contributed by atoms with van der Waals surface area (Å²) >= 11 is 3.58. The molecule has 21 heavy (non-hydrogen) atoms. The van der Waals surface area contributed by atoms with E-state index in [1.165, 1.54) is 23.2 Å². The Balaban J connectivity index is 1.94. The molecule has 2 aromatic rings. The molecular weight excluding hydrogens is 326 g/mol. The lowest BCUT2D eigenvalue weighted by atomic mass is 10.1. The predicted octanol–water partition coefficient (Wildman–Crippen LogP) is 3.85. The number of nitrogens with zero attached hydrogens (tertiary/aromatic N) is 2. The Morgan fingerprint density at radius 2 is 1.76 bits per heavy atom. The molecule has 0 radical (unpaired) electrons. The third-order valence-electron chi connectivity index (χ3n) is 3.67. The van der Waals surface area contributed by atoms with E-state index in [4.69, 9.17) is 0 Å². The zero-order valence-corrected chi connectivity index (χ0v) is 14.7. The molecule has 2 rings (SSSR count). The summed E-state index contributed by atoms with van der Waals surface area (Å²) in [7, 11) is 0. The van der Waals surface area contributed by atoms with Gasteiger partial charge in [0.25, 0.3) is 0 Å². The zero-order valence-electron chi connectivity index (χ0n) is 13.1. The third-order valence-corrected chi connectivity index (χ3v) is 4.81. The first-order valence-electron chi connectivity index (χ1n) is 7.60. The highest BCUT2D eigenvalue weighted by atomic mass is 79.9. The lowest BCUT2D eigenvalue weighted by Crippen LogP contribution is -2.17. The minimum atomic E-state index is 0.826. The number of hydrogen-bond acceptors (Lipinski definition) is 2. The third kappa shape index (κ3) is 4.42. The summed E-state index contributed by atoms with van der Waals surface area (Å²) in [6.45, 7) is 9.30. The highest BCUT2D eigenvalue weighted by Crippen LogP contribution is 2.20. The summed E-state index contributed by atoms with van der Waals surface area (Å²) < 4.78 is 3.16. The second-order valence-electron chi connectivity index (χ2n) is 5.46. The Morgan fingerprint density at radius 3 is 2.33 bits per heavy atom. The second-order valence-corrected chi connectivity index (χ2v) is 6.25. The number of hydrogen-bond donors (Lipinski definition) is 1. The lowest BCUT2D eigenvalue weighted by molar-refractivity contribution is 0.657. The van der Waals surface area contributed by atoms with Gasteiger partial charge in [-0.15, -0.1) is 0 Å². The number of benzene rings is 1. The van der Waals surface area contributed by atoms with Gasteiger partial charge in [-0.2, -0.15) is 5.10 Å². The van der Waals surface area contributed by atoms with Gasteiger partial charge in [0.2, 0.25) is 0 Å². The van der Waals surface area contributed by atoms with E-state index in [-0.39, 0.29) is 0 Å². The molecule has 0 saturated carbocycles. The first-order chi connectivity index (χ1) is 10.1. The molecule has 0 bridgehead atoms. The van der Waals surface area contributed by atoms with Gasteiger partial charge in [0.1, 0.15) is 0 Å². The van der Waals surface area contributed by atoms with Crippen molar-refractivity contribution in [1.29, 1.82) is 0 Å². The van der Waals surface area contributed by atoms with Crippen LogP contribution in [0.2, 0.25) is 0 Å². The van der Waals surface area contributed by atoms with E-state index in [1.54, 1.807) is 0 Å². The molecule has 1 aromatic carbocycles. The fourth-order valence-electron chi connectivity index (χ4n) is 2.35. The van der Waals surface area contributed by atoms with Crippen LogP contribution >= 0.6 is 15.9 Å². The highest BCUT2D eigenvalue weighted by molar-refractivity contribution is 9.10. The molecular formula is C17H24BrN3. The fourth-order valence-corrected chi connectivity index (χ4v) is 2.63. The van der Waals surface area contributed by atoms with Crippen molar-refractivity contribution in [2.45, 2.75) is 40.2 Å². The largest absolute Gasteiger partial charge is 0.316 e. The molecule has 0 amide bonds. The molecule has 0 aliphatic rings. The van der Waals surface area contributed by atoms with Gasteiger partial charge in [0.05, 0.1) is 22.4 Å². The Morgan fingerprint density at radius 1 is 1.10 bits per heavy atom. The van der Waals surface area contributed by atoms with Crippen LogP contribution in [0.15, 0.2) is 28.7 Å². The molecule has 0 atom stereocenters. The first-order valence-corrected chi connectivity index (χ1v) is 8.39. The molecule has 3 nitrogen and oxygen atoms in total. The van der Waals surface area contributed by atoms with E-state index in [0.29, 0.717) is 0 Å². The summed E-state index contributed by atoms with van der Waals surface area (Å²) in [4.78, 5) is 0. The first kappa shape index (κ1) is 16.2. The van der Waals surface area contributed by atoms with Crippen LogP contribution < -0.4 is 5.32 Å². The van der Waals surface area contributed by atoms with Gasteiger partial charge in [-0.1, -0.05) is 31.2 Å². The van der Waals surface area contributed by atoms with E-state index in [1.807, 2.05) is 6.92 Å². The van der Waals surface area contributed by atoms with Crippen LogP contribution in [-0.2, 0) is 13.0 Å². The Bertz CT molecular complexity index is 572. The summed E-state index contributed by atoms with van der Waals surface area (Å²) in [5, 5.41) is 7.99. The van der Waals surface area contributed by atoms with Crippen LogP contribution in [0, 0.1) is 13.8 Å². The van der Waals surface area contributed by atoms with Crippen molar-refractivity contribution < 1.29 is 0 Å². The van der Waals surface area contributed by atoms with Crippen LogP contribution in [0.5, 0.6) is 0 Å². The van der Waals surface area contributed by atoms with Crippen molar-refractivity contribution >= 4 is 15.9 Å². The molecule has 1 heterocycles. The molecule has 0 aliphatic heterocycles. The quantitative estimate of drug-likeness (QED) is 0.769. The molecule has 114 valence electrons. The van der Waals surface area contributed by atoms with Crippen molar-refractivity contribution in [2.75, 3.05) is 13.1 Å². The van der Waals surface area contributed by atoms with Crippen LogP contribution in [0.3, 0.4) is 0 Å². The second kappa shape index (κ2) is 7.76. The van der Waals surface area contributed by atoms with E-state index >= 15 is 0 Å². The van der Waals surface area contributed by atoms with Crippen molar-refractivity contribution in [3.8, 4) is 0 Å². The minimum Gasteiger partial charge on any atom is -0.316 e. The van der Waals surface area contributed by atoms with Gasteiger partial charge in [-0.25, -0.2) is 0 Å². The number of aromatic nitrogens is 2. The molecule has 0 fully saturated rings. The average molecular weight is 350 g/mol. The van der Waals surface area contributed by atoms with Crippen molar-refractivity contribution in [3.63, 3.8) is 0 Å². The van der Waals surface area contributed by atoms with Crippen LogP contribution in [0.4, 0.5) is 0 Å². The van der Waals surface area contributed by atoms with E-state index in [0.717, 1.165) is 36.2 Å². The highest BCUT2D eigenvalue weighted by Gasteiger charge is 2.08. The monoisotopic (exact) mass is 349 g/mol. The summed E-state index contributed by atoms with van der Waals surface area (Å²) in [5.74, 6) is 0. The summed E-state index contributed by atoms with van der Waals surface area (Å²) in [6.07, 6.45) is 2.28. The standard InChI is InChI=1S/C17H24BrN3/c1-4-10-19-11-9-15-5-7-16(8-6-15)12-21-14(3)17(18)13(2)20-21/h5-8,19H,4,9-12H2,1-3H3. The minimum absolute atomic E-state index is 0.826. The van der Waals surface area contributed by atoms with Gasteiger partial charge in [-0.3, -0.25) is 4.68 Å². The molecule has 0 aliphatic carbocycles. The molecule has 1 N–H and O–H groups in total. The van der Waals surface area contributed by atoms with Crippen LogP contribution in [0.1, 0.15) is 35.9 Å². The van der Waals surface area contributed by atoms with Crippen molar-refractivity contribution in [1.82, 2.24) is 15.1 Å². The van der Waals surface area contributed by atoms with Crippen molar-refractivity contribution in [3.05, 3.63) is 51.3 Å². The topological polar surface area (TPSA) is 29.9 Å². The van der Waals surface area contributed by atoms with E-state index in [2.05, 4.69) is 69.1 Å². The molecule has 1 aromatic heterocycles. The SMILES string of the molecule is CCCNCCc1ccc(Cn2nc(C)c(Br)c2C)cc1. The average Bonchev–Trinajstić information content (AvgIpc) is 2.73. The maximum Gasteiger partial charge on any atom is 0.0738 e. The predicted molar refractivity (Wildman–Crippen MR) is 91.8 cm³/mol. The maximum atomic E-state index is 4.56. The fraction of sp³-hybridized carbons (Fsp3) is 0.471. The van der Waals surface area contributed by atoms with Gasteiger partial charge in [0, 0.05) is 0 Å². The number of rotatable bonds is 7. The summed E-state index contributed by atoms with van der Waals surface area (Å²) in [5.41, 5.74) is 4.90. The maximum absolute atomic E-state index is 4.56. The number of halogens is 1. The smallest absolute Gasteiger partial charge is 0.0738 e. The van der Waals surface area contributed by atoms with Crippen LogP contribution in [-0.4, -0.2) is 22.9 Å². The van der Waals surface area contributed by atoms with Gasteiger partial charge in [-0.05, 0) is 66.8 Å². The van der Waals surface area contributed by atoms with Gasteiger partial charge in [0.15, 0.2) is 0 Å². The van der Waals surface area contributed by atoms with E-state index < -0.39 is 0 Å². The Kier molecular flexibility index (Phi) is 6.00. The molecule has 0 saturated heterocycles. The Labute approximate surface area is 135 Å². The van der Waals surface area contributed by atoms with Crippen LogP contribution in [0.25, 0.3) is 0 Å². The van der Waals surface area contributed by atoms with Crippen molar-refractivity contribution in [2.24, 2.45) is 0 Å². The molecule has 4 heteroatoms.